The molecule has 0 saturated carbocycles. The molecule has 3 aromatic rings. The Labute approximate surface area is 159 Å². The fourth-order valence-electron chi connectivity index (χ4n) is 3.87. The quantitative estimate of drug-likeness (QED) is 0.720. The summed E-state index contributed by atoms with van der Waals surface area (Å²) in [4.78, 5) is 2.25. The first kappa shape index (κ1) is 18.0. The Balaban J connectivity index is 1.49. The van der Waals surface area contributed by atoms with Gasteiger partial charge in [-0.1, -0.05) is 48.5 Å². The molecule has 3 nitrogen and oxygen atoms in total. The summed E-state index contributed by atoms with van der Waals surface area (Å²) in [5.41, 5.74) is 2.21. The summed E-state index contributed by atoms with van der Waals surface area (Å²) in [6, 6.07) is 22.1. The SMILES string of the molecule is C[C@@H](NCC1COCCN1c1cccc(F)c1)c1cccc2ccccc12. The molecule has 1 N–H and O–H groups in total. The first-order valence-corrected chi connectivity index (χ1v) is 9.53. The third-order valence-corrected chi connectivity index (χ3v) is 5.32. The van der Waals surface area contributed by atoms with Crippen LogP contribution >= 0.6 is 0 Å². The van der Waals surface area contributed by atoms with Crippen LogP contribution in [0.2, 0.25) is 0 Å². The van der Waals surface area contributed by atoms with Crippen molar-refractivity contribution in [2.24, 2.45) is 0 Å². The van der Waals surface area contributed by atoms with Gasteiger partial charge in [-0.15, -0.1) is 0 Å². The first-order valence-electron chi connectivity index (χ1n) is 9.53. The van der Waals surface area contributed by atoms with E-state index in [0.29, 0.717) is 13.2 Å². The number of halogens is 1. The van der Waals surface area contributed by atoms with Gasteiger partial charge in [0.05, 0.1) is 19.3 Å². The number of anilines is 1. The summed E-state index contributed by atoms with van der Waals surface area (Å²) in [6.45, 7) is 5.06. The van der Waals surface area contributed by atoms with E-state index in [-0.39, 0.29) is 17.9 Å². The van der Waals surface area contributed by atoms with E-state index in [2.05, 4.69) is 59.6 Å². The Kier molecular flexibility index (Phi) is 5.37. The predicted octanol–water partition coefficient (Wildman–Crippen LogP) is 4.53. The van der Waals surface area contributed by atoms with Gasteiger partial charge in [-0.2, -0.15) is 0 Å². The molecule has 140 valence electrons. The highest BCUT2D eigenvalue weighted by atomic mass is 19.1. The van der Waals surface area contributed by atoms with Crippen LogP contribution in [-0.2, 0) is 4.74 Å². The minimum atomic E-state index is -0.199. The number of nitrogens with zero attached hydrogens (tertiary/aromatic N) is 1. The van der Waals surface area contributed by atoms with Crippen LogP contribution in [0.3, 0.4) is 0 Å². The summed E-state index contributed by atoms with van der Waals surface area (Å²) < 4.78 is 19.4. The number of benzene rings is 3. The molecule has 1 unspecified atom stereocenters. The molecule has 1 fully saturated rings. The van der Waals surface area contributed by atoms with E-state index in [1.807, 2.05) is 6.07 Å². The molecular weight excluding hydrogens is 339 g/mol. The van der Waals surface area contributed by atoms with Crippen LogP contribution < -0.4 is 10.2 Å². The molecule has 0 amide bonds. The van der Waals surface area contributed by atoms with Crippen molar-refractivity contribution >= 4 is 16.5 Å². The van der Waals surface area contributed by atoms with Crippen LogP contribution in [0.4, 0.5) is 10.1 Å². The van der Waals surface area contributed by atoms with Crippen LogP contribution in [-0.4, -0.2) is 32.3 Å². The fourth-order valence-corrected chi connectivity index (χ4v) is 3.87. The highest BCUT2D eigenvalue weighted by Gasteiger charge is 2.24. The van der Waals surface area contributed by atoms with Crippen molar-refractivity contribution in [3.8, 4) is 0 Å². The average molecular weight is 364 g/mol. The Bertz CT molecular complexity index is 908. The highest BCUT2D eigenvalue weighted by Crippen LogP contribution is 2.25. The number of morpholine rings is 1. The van der Waals surface area contributed by atoms with E-state index in [1.165, 1.54) is 22.4 Å². The molecule has 2 atom stereocenters. The largest absolute Gasteiger partial charge is 0.377 e. The number of hydrogen-bond donors (Lipinski definition) is 1. The van der Waals surface area contributed by atoms with E-state index in [1.54, 1.807) is 12.1 Å². The van der Waals surface area contributed by atoms with Gasteiger partial charge >= 0.3 is 0 Å². The van der Waals surface area contributed by atoms with E-state index in [4.69, 9.17) is 4.74 Å². The van der Waals surface area contributed by atoms with Gasteiger partial charge in [-0.05, 0) is 41.5 Å². The average Bonchev–Trinajstić information content (AvgIpc) is 2.72. The third-order valence-electron chi connectivity index (χ3n) is 5.32. The van der Waals surface area contributed by atoms with Gasteiger partial charge in [0.15, 0.2) is 0 Å². The van der Waals surface area contributed by atoms with E-state index in [0.717, 1.165) is 18.8 Å². The Hall–Kier alpha value is -2.43. The molecule has 1 aliphatic rings. The van der Waals surface area contributed by atoms with Crippen LogP contribution in [0.25, 0.3) is 10.8 Å². The lowest BCUT2D eigenvalue weighted by Gasteiger charge is -2.38. The van der Waals surface area contributed by atoms with E-state index in [9.17, 15) is 4.39 Å². The second-order valence-electron chi connectivity index (χ2n) is 7.10. The van der Waals surface area contributed by atoms with Crippen molar-refractivity contribution in [2.45, 2.75) is 19.0 Å². The molecule has 1 heterocycles. The molecule has 27 heavy (non-hydrogen) atoms. The zero-order valence-corrected chi connectivity index (χ0v) is 15.6. The third kappa shape index (κ3) is 3.97. The lowest BCUT2D eigenvalue weighted by atomic mass is 9.99. The van der Waals surface area contributed by atoms with Gasteiger partial charge in [0.1, 0.15) is 5.82 Å². The first-order chi connectivity index (χ1) is 13.2. The summed E-state index contributed by atoms with van der Waals surface area (Å²) in [6.07, 6.45) is 0. The van der Waals surface area contributed by atoms with Crippen molar-refractivity contribution < 1.29 is 9.13 Å². The van der Waals surface area contributed by atoms with Gasteiger partial charge in [0.2, 0.25) is 0 Å². The van der Waals surface area contributed by atoms with Gasteiger partial charge in [0.25, 0.3) is 0 Å². The standard InChI is InChI=1S/C23H25FN2O/c1-17(22-11-4-7-18-6-2-3-10-23(18)22)25-15-21-16-27-13-12-26(21)20-9-5-8-19(24)14-20/h2-11,14,17,21,25H,12-13,15-16H2,1H3/t17-,21?/m1/s1. The maximum Gasteiger partial charge on any atom is 0.125 e. The minimum Gasteiger partial charge on any atom is -0.377 e. The van der Waals surface area contributed by atoms with Crippen LogP contribution in [0, 0.1) is 5.82 Å². The Morgan fingerprint density at radius 1 is 1.11 bits per heavy atom. The maximum absolute atomic E-state index is 13.7. The van der Waals surface area contributed by atoms with Crippen molar-refractivity contribution in [1.82, 2.24) is 5.32 Å². The lowest BCUT2D eigenvalue weighted by molar-refractivity contribution is 0.0930. The molecule has 4 heteroatoms. The topological polar surface area (TPSA) is 24.5 Å². The molecule has 1 aliphatic heterocycles. The van der Waals surface area contributed by atoms with Gasteiger partial charge in [-0.3, -0.25) is 0 Å². The highest BCUT2D eigenvalue weighted by molar-refractivity contribution is 5.86. The second-order valence-corrected chi connectivity index (χ2v) is 7.10. The number of fused-ring (bicyclic) bond motifs is 1. The number of nitrogens with one attached hydrogen (secondary N) is 1. The lowest BCUT2D eigenvalue weighted by Crippen LogP contribution is -2.51. The smallest absolute Gasteiger partial charge is 0.125 e. The summed E-state index contributed by atoms with van der Waals surface area (Å²) in [7, 11) is 0. The Morgan fingerprint density at radius 3 is 2.81 bits per heavy atom. The fraction of sp³-hybridized carbons (Fsp3) is 0.304. The van der Waals surface area contributed by atoms with Gasteiger partial charge in [-0.25, -0.2) is 4.39 Å². The maximum atomic E-state index is 13.7. The number of hydrogen-bond acceptors (Lipinski definition) is 3. The molecular formula is C23H25FN2O. The molecule has 3 aromatic carbocycles. The summed E-state index contributed by atoms with van der Waals surface area (Å²) in [5.74, 6) is -0.199. The van der Waals surface area contributed by atoms with Crippen LogP contribution in [0.1, 0.15) is 18.5 Å². The molecule has 4 rings (SSSR count). The van der Waals surface area contributed by atoms with Gasteiger partial charge < -0.3 is 15.0 Å². The van der Waals surface area contributed by atoms with E-state index >= 15 is 0 Å². The molecule has 0 radical (unpaired) electrons. The van der Waals surface area contributed by atoms with Crippen molar-refractivity contribution in [3.05, 3.63) is 78.1 Å². The van der Waals surface area contributed by atoms with Crippen LogP contribution in [0.15, 0.2) is 66.7 Å². The normalized spacial score (nSPS) is 18.6. The molecule has 0 spiro atoms. The van der Waals surface area contributed by atoms with Gasteiger partial charge in [0, 0.05) is 24.8 Å². The number of ether oxygens (including phenoxy) is 1. The van der Waals surface area contributed by atoms with Crippen molar-refractivity contribution in [1.29, 1.82) is 0 Å². The molecule has 1 saturated heterocycles. The summed E-state index contributed by atoms with van der Waals surface area (Å²) >= 11 is 0. The van der Waals surface area contributed by atoms with E-state index < -0.39 is 0 Å². The predicted molar refractivity (Wildman–Crippen MR) is 109 cm³/mol. The zero-order chi connectivity index (χ0) is 18.6. The molecule has 0 aliphatic carbocycles. The summed E-state index contributed by atoms with van der Waals surface area (Å²) in [5, 5.41) is 6.19. The van der Waals surface area contributed by atoms with Crippen LogP contribution in [0.5, 0.6) is 0 Å². The molecule has 0 bridgehead atoms. The monoisotopic (exact) mass is 364 g/mol. The second kappa shape index (κ2) is 8.07. The zero-order valence-electron chi connectivity index (χ0n) is 15.6. The number of rotatable bonds is 5. The Morgan fingerprint density at radius 2 is 1.93 bits per heavy atom. The molecule has 0 aromatic heterocycles. The van der Waals surface area contributed by atoms with Crippen molar-refractivity contribution in [3.63, 3.8) is 0 Å². The van der Waals surface area contributed by atoms with Crippen molar-refractivity contribution in [2.75, 3.05) is 31.2 Å². The minimum absolute atomic E-state index is 0.179.